The van der Waals surface area contributed by atoms with Crippen LogP contribution in [0.5, 0.6) is 5.75 Å². The van der Waals surface area contributed by atoms with Gasteiger partial charge in [0.25, 0.3) is 0 Å². The first-order valence-corrected chi connectivity index (χ1v) is 13.9. The summed E-state index contributed by atoms with van der Waals surface area (Å²) in [5, 5.41) is 0.105. The number of hydrogen-bond donors (Lipinski definition) is 0. The summed E-state index contributed by atoms with van der Waals surface area (Å²) in [5.74, 6) is 0.767. The van der Waals surface area contributed by atoms with Crippen LogP contribution in [0.3, 0.4) is 0 Å². The van der Waals surface area contributed by atoms with E-state index in [0.29, 0.717) is 0 Å². The van der Waals surface area contributed by atoms with Crippen molar-refractivity contribution in [3.05, 3.63) is 28.8 Å². The fourth-order valence-electron chi connectivity index (χ4n) is 3.53. The summed E-state index contributed by atoms with van der Waals surface area (Å²) in [6.07, 6.45) is 2.38. The number of carbonyl (C=O) groups excluding carboxylic acids is 1. The van der Waals surface area contributed by atoms with Crippen LogP contribution in [0, 0.1) is 6.92 Å². The Morgan fingerprint density at radius 1 is 1.00 bits per heavy atom. The van der Waals surface area contributed by atoms with Crippen LogP contribution in [0.15, 0.2) is 12.1 Å². The van der Waals surface area contributed by atoms with Gasteiger partial charge in [0.15, 0.2) is 0 Å². The second kappa shape index (κ2) is 8.83. The summed E-state index contributed by atoms with van der Waals surface area (Å²) in [6.45, 7) is 25.9. The zero-order valence-electron chi connectivity index (χ0n) is 21.0. The van der Waals surface area contributed by atoms with E-state index < -0.39 is 13.9 Å². The monoisotopic (exact) mass is 420 g/mol. The van der Waals surface area contributed by atoms with Crippen molar-refractivity contribution in [2.24, 2.45) is 0 Å². The average Bonchev–Trinajstić information content (AvgIpc) is 2.41. The Kier molecular flexibility index (Phi) is 7.84. The van der Waals surface area contributed by atoms with Gasteiger partial charge in [0.1, 0.15) is 11.4 Å². The van der Waals surface area contributed by atoms with Gasteiger partial charge in [0.2, 0.25) is 8.32 Å². The average molecular weight is 421 g/mol. The van der Waals surface area contributed by atoms with Gasteiger partial charge in [-0.05, 0) is 74.9 Å². The van der Waals surface area contributed by atoms with Crippen LogP contribution in [0.1, 0.15) is 91.8 Å². The van der Waals surface area contributed by atoms with Crippen LogP contribution in [-0.2, 0) is 21.4 Å². The predicted octanol–water partition coefficient (Wildman–Crippen LogP) is 7.34. The van der Waals surface area contributed by atoms with Gasteiger partial charge in [-0.25, -0.2) is 0 Å². The summed E-state index contributed by atoms with van der Waals surface area (Å²) in [4.78, 5) is 12.7. The summed E-state index contributed by atoms with van der Waals surface area (Å²) >= 11 is 0. The second-order valence-electron chi connectivity index (χ2n) is 11.6. The Morgan fingerprint density at radius 3 is 2.00 bits per heavy atom. The fraction of sp³-hybridized carbons (Fsp3) is 0.720. The van der Waals surface area contributed by atoms with Gasteiger partial charge < -0.3 is 9.16 Å². The second-order valence-corrected chi connectivity index (χ2v) is 16.3. The molecule has 0 bridgehead atoms. The Balaban J connectivity index is 3.56. The highest BCUT2D eigenvalue weighted by molar-refractivity contribution is 6.74. The summed E-state index contributed by atoms with van der Waals surface area (Å²) in [7, 11) is -2.02. The number of aryl methyl sites for hydroxylation is 1. The Morgan fingerprint density at radius 2 is 1.55 bits per heavy atom. The number of benzene rings is 1. The molecular formula is C25H44O3Si. The maximum absolute atomic E-state index is 12.7. The number of ether oxygens (including phenoxy) is 1. The van der Waals surface area contributed by atoms with E-state index in [0.717, 1.165) is 29.7 Å². The Labute approximate surface area is 180 Å². The van der Waals surface area contributed by atoms with Gasteiger partial charge in [-0.3, -0.25) is 4.79 Å². The maximum Gasteiger partial charge on any atom is 0.310 e. The first-order chi connectivity index (χ1) is 12.9. The Hall–Kier alpha value is -1.29. The molecule has 0 amide bonds. The summed E-state index contributed by atoms with van der Waals surface area (Å²) in [6, 6.07) is 4.29. The van der Waals surface area contributed by atoms with E-state index in [1.807, 2.05) is 20.8 Å². The SMILES string of the molecule is CCCC(C)(C)c1c(CC(=O)OC(C)(C)C)cc(C)cc1O[Si](C)(C)C(C)(C)C. The van der Waals surface area contributed by atoms with E-state index >= 15 is 0 Å². The summed E-state index contributed by atoms with van der Waals surface area (Å²) in [5.41, 5.74) is 2.75. The van der Waals surface area contributed by atoms with E-state index in [9.17, 15) is 4.79 Å². The molecule has 0 aromatic heterocycles. The highest BCUT2D eigenvalue weighted by Gasteiger charge is 2.40. The smallest absolute Gasteiger partial charge is 0.310 e. The molecule has 0 saturated heterocycles. The van der Waals surface area contributed by atoms with E-state index in [1.165, 1.54) is 5.56 Å². The van der Waals surface area contributed by atoms with E-state index in [1.54, 1.807) is 0 Å². The molecule has 0 spiro atoms. The number of hydrogen-bond acceptors (Lipinski definition) is 3. The lowest BCUT2D eigenvalue weighted by Crippen LogP contribution is -2.44. The molecule has 0 saturated carbocycles. The molecule has 0 fully saturated rings. The molecule has 0 heterocycles. The molecule has 0 aliphatic rings. The standard InChI is InChI=1S/C25H44O3Si/c1-13-14-25(9,10)22-19(17-21(26)27-23(3,4)5)15-18(2)16-20(22)28-29(11,12)24(6,7)8/h15-16H,13-14,17H2,1-12H3. The lowest BCUT2D eigenvalue weighted by atomic mass is 9.76. The van der Waals surface area contributed by atoms with Crippen molar-refractivity contribution in [1.82, 2.24) is 0 Å². The molecule has 4 heteroatoms. The third kappa shape index (κ3) is 7.16. The quantitative estimate of drug-likeness (QED) is 0.342. The zero-order valence-corrected chi connectivity index (χ0v) is 22.0. The number of esters is 1. The number of rotatable bonds is 7. The van der Waals surface area contributed by atoms with Crippen molar-refractivity contribution >= 4 is 14.3 Å². The first kappa shape index (κ1) is 25.7. The highest BCUT2D eigenvalue weighted by atomic mass is 28.4. The molecule has 29 heavy (non-hydrogen) atoms. The minimum absolute atomic E-state index is 0.0858. The van der Waals surface area contributed by atoms with Gasteiger partial charge in [0.05, 0.1) is 6.42 Å². The van der Waals surface area contributed by atoms with Crippen molar-refractivity contribution in [2.75, 3.05) is 0 Å². The largest absolute Gasteiger partial charge is 0.543 e. The predicted molar refractivity (Wildman–Crippen MR) is 126 cm³/mol. The molecule has 0 N–H and O–H groups in total. The minimum atomic E-state index is -2.02. The lowest BCUT2D eigenvalue weighted by molar-refractivity contribution is -0.153. The van der Waals surface area contributed by atoms with Crippen LogP contribution >= 0.6 is 0 Å². The van der Waals surface area contributed by atoms with Crippen LogP contribution in [-0.4, -0.2) is 19.9 Å². The highest BCUT2D eigenvalue weighted by Crippen LogP contribution is 2.43. The van der Waals surface area contributed by atoms with Crippen molar-refractivity contribution in [1.29, 1.82) is 0 Å². The molecule has 166 valence electrons. The summed E-state index contributed by atoms with van der Waals surface area (Å²) < 4.78 is 12.5. The van der Waals surface area contributed by atoms with E-state index in [4.69, 9.17) is 9.16 Å². The molecule has 0 aliphatic heterocycles. The van der Waals surface area contributed by atoms with Crippen LogP contribution < -0.4 is 4.43 Å². The first-order valence-electron chi connectivity index (χ1n) is 10.9. The van der Waals surface area contributed by atoms with Crippen LogP contribution in [0.4, 0.5) is 0 Å². The van der Waals surface area contributed by atoms with Crippen LogP contribution in [0.25, 0.3) is 0 Å². The van der Waals surface area contributed by atoms with Crippen molar-refractivity contribution in [2.45, 2.75) is 118 Å². The normalized spacial score (nSPS) is 13.4. The van der Waals surface area contributed by atoms with E-state index in [-0.39, 0.29) is 22.8 Å². The molecule has 1 rings (SSSR count). The topological polar surface area (TPSA) is 35.5 Å². The van der Waals surface area contributed by atoms with Gasteiger partial charge in [-0.2, -0.15) is 0 Å². The maximum atomic E-state index is 12.7. The van der Waals surface area contributed by atoms with Crippen molar-refractivity contribution in [3.63, 3.8) is 0 Å². The Bertz CT molecular complexity index is 719. The third-order valence-corrected chi connectivity index (χ3v) is 10.1. The molecule has 1 aromatic carbocycles. The van der Waals surface area contributed by atoms with Crippen molar-refractivity contribution in [3.8, 4) is 5.75 Å². The third-order valence-electron chi connectivity index (χ3n) is 5.81. The van der Waals surface area contributed by atoms with Gasteiger partial charge in [-0.1, -0.05) is 54.0 Å². The molecule has 0 unspecified atom stereocenters. The van der Waals surface area contributed by atoms with Gasteiger partial charge in [-0.15, -0.1) is 0 Å². The van der Waals surface area contributed by atoms with Gasteiger partial charge >= 0.3 is 5.97 Å². The molecule has 1 aromatic rings. The molecule has 0 atom stereocenters. The zero-order chi connectivity index (χ0) is 22.8. The molecule has 3 nitrogen and oxygen atoms in total. The van der Waals surface area contributed by atoms with Crippen LogP contribution in [0.2, 0.25) is 18.1 Å². The fourth-order valence-corrected chi connectivity index (χ4v) is 4.54. The number of carbonyl (C=O) groups is 1. The lowest BCUT2D eigenvalue weighted by Gasteiger charge is -2.39. The van der Waals surface area contributed by atoms with E-state index in [2.05, 4.69) is 73.7 Å². The minimum Gasteiger partial charge on any atom is -0.543 e. The van der Waals surface area contributed by atoms with Crippen molar-refractivity contribution < 1.29 is 14.0 Å². The molecule has 0 aliphatic carbocycles. The molecule has 0 radical (unpaired) electrons. The molecular weight excluding hydrogens is 376 g/mol. The van der Waals surface area contributed by atoms with Gasteiger partial charge in [0, 0.05) is 5.56 Å².